The lowest BCUT2D eigenvalue weighted by Crippen LogP contribution is -2.19. The van der Waals surface area contributed by atoms with Gasteiger partial charge in [0.05, 0.1) is 17.4 Å². The molecule has 6 heteroatoms. The minimum Gasteiger partial charge on any atom is -0.390 e. The molecule has 0 fully saturated rings. The van der Waals surface area contributed by atoms with E-state index in [9.17, 15) is 19.8 Å². The van der Waals surface area contributed by atoms with E-state index in [0.29, 0.717) is 23.4 Å². The molecule has 18 heavy (non-hydrogen) atoms. The molecule has 96 valence electrons. The van der Waals surface area contributed by atoms with Crippen LogP contribution in [0, 0.1) is 0 Å². The SMILES string of the molecule is O=C1Nc2ccc(C(O)C(O)CCS)cc2C1=O. The molecule has 2 rings (SSSR count). The zero-order chi connectivity index (χ0) is 13.3. The molecule has 1 heterocycles. The number of hydrogen-bond donors (Lipinski definition) is 4. The van der Waals surface area contributed by atoms with E-state index in [-0.39, 0.29) is 5.56 Å². The van der Waals surface area contributed by atoms with Crippen LogP contribution in [0.1, 0.15) is 28.4 Å². The fourth-order valence-electron chi connectivity index (χ4n) is 1.86. The first-order chi connectivity index (χ1) is 8.54. The van der Waals surface area contributed by atoms with Gasteiger partial charge in [0.2, 0.25) is 0 Å². The van der Waals surface area contributed by atoms with Crippen LogP contribution in [0.3, 0.4) is 0 Å². The van der Waals surface area contributed by atoms with Gasteiger partial charge in [-0.1, -0.05) is 6.07 Å². The maximum atomic E-state index is 11.5. The van der Waals surface area contributed by atoms with Crippen molar-refractivity contribution in [2.45, 2.75) is 18.6 Å². The molecule has 1 aromatic rings. The summed E-state index contributed by atoms with van der Waals surface area (Å²) in [7, 11) is 0. The summed E-state index contributed by atoms with van der Waals surface area (Å²) in [5, 5.41) is 22.0. The number of nitrogens with one attached hydrogen (secondary N) is 1. The zero-order valence-corrected chi connectivity index (χ0v) is 10.4. The van der Waals surface area contributed by atoms with Crippen molar-refractivity contribution < 1.29 is 19.8 Å². The van der Waals surface area contributed by atoms with Crippen LogP contribution in [-0.2, 0) is 4.79 Å². The summed E-state index contributed by atoms with van der Waals surface area (Å²) >= 11 is 3.98. The number of carbonyl (C=O) groups excluding carboxylic acids is 2. The number of hydrogen-bond acceptors (Lipinski definition) is 5. The van der Waals surface area contributed by atoms with E-state index in [1.54, 1.807) is 12.1 Å². The van der Waals surface area contributed by atoms with Gasteiger partial charge in [-0.3, -0.25) is 9.59 Å². The third kappa shape index (κ3) is 2.27. The second-order valence-electron chi connectivity index (χ2n) is 4.11. The number of amides is 1. The number of carbonyl (C=O) groups is 2. The predicted molar refractivity (Wildman–Crippen MR) is 68.8 cm³/mol. The van der Waals surface area contributed by atoms with Gasteiger partial charge in [-0.05, 0) is 29.9 Å². The highest BCUT2D eigenvalue weighted by atomic mass is 32.1. The Labute approximate surface area is 109 Å². The van der Waals surface area contributed by atoms with Crippen LogP contribution in [0.2, 0.25) is 0 Å². The van der Waals surface area contributed by atoms with Gasteiger partial charge in [-0.25, -0.2) is 0 Å². The minimum absolute atomic E-state index is 0.231. The van der Waals surface area contributed by atoms with E-state index >= 15 is 0 Å². The Bertz CT molecular complexity index is 503. The Morgan fingerprint density at radius 2 is 2.00 bits per heavy atom. The third-order valence-corrected chi connectivity index (χ3v) is 3.13. The van der Waals surface area contributed by atoms with Gasteiger partial charge in [0, 0.05) is 0 Å². The first-order valence-electron chi connectivity index (χ1n) is 5.51. The lowest BCUT2D eigenvalue weighted by Gasteiger charge is -2.17. The van der Waals surface area contributed by atoms with Gasteiger partial charge in [-0.15, -0.1) is 0 Å². The highest BCUT2D eigenvalue weighted by Gasteiger charge is 2.29. The normalized spacial score (nSPS) is 17.3. The van der Waals surface area contributed by atoms with E-state index < -0.39 is 23.9 Å². The smallest absolute Gasteiger partial charge is 0.296 e. The predicted octanol–water partition coefficient (Wildman–Crippen LogP) is 0.536. The number of rotatable bonds is 4. The molecule has 0 saturated heterocycles. The monoisotopic (exact) mass is 267 g/mol. The van der Waals surface area contributed by atoms with Crippen LogP contribution >= 0.6 is 12.6 Å². The van der Waals surface area contributed by atoms with E-state index in [2.05, 4.69) is 17.9 Å². The van der Waals surface area contributed by atoms with Crippen LogP contribution in [0.5, 0.6) is 0 Å². The molecule has 1 aromatic carbocycles. The summed E-state index contributed by atoms with van der Waals surface area (Å²) in [6.45, 7) is 0. The molecule has 1 aliphatic heterocycles. The number of thiol groups is 1. The average Bonchev–Trinajstić information content (AvgIpc) is 2.64. The Morgan fingerprint density at radius 3 is 2.67 bits per heavy atom. The molecule has 0 spiro atoms. The maximum Gasteiger partial charge on any atom is 0.296 e. The van der Waals surface area contributed by atoms with Gasteiger partial charge in [0.15, 0.2) is 0 Å². The molecule has 0 aliphatic carbocycles. The van der Waals surface area contributed by atoms with Crippen molar-refractivity contribution in [3.8, 4) is 0 Å². The summed E-state index contributed by atoms with van der Waals surface area (Å²) in [6.07, 6.45) is -1.70. The van der Waals surface area contributed by atoms with Crippen LogP contribution < -0.4 is 5.32 Å². The van der Waals surface area contributed by atoms with Crippen molar-refractivity contribution in [2.24, 2.45) is 0 Å². The molecule has 3 N–H and O–H groups in total. The van der Waals surface area contributed by atoms with Crippen molar-refractivity contribution in [3.63, 3.8) is 0 Å². The molecule has 0 aromatic heterocycles. The van der Waals surface area contributed by atoms with Gasteiger partial charge in [-0.2, -0.15) is 12.6 Å². The van der Waals surface area contributed by atoms with Gasteiger partial charge < -0.3 is 15.5 Å². The topological polar surface area (TPSA) is 86.6 Å². The Morgan fingerprint density at radius 1 is 1.28 bits per heavy atom. The maximum absolute atomic E-state index is 11.5. The first-order valence-corrected chi connectivity index (χ1v) is 6.14. The molecular formula is C12H13NO4S. The Hall–Kier alpha value is -1.37. The summed E-state index contributed by atoms with van der Waals surface area (Å²) in [6, 6.07) is 4.55. The number of aliphatic hydroxyl groups is 2. The fourth-order valence-corrected chi connectivity index (χ4v) is 2.12. The largest absolute Gasteiger partial charge is 0.390 e. The van der Waals surface area contributed by atoms with E-state index in [4.69, 9.17) is 0 Å². The lowest BCUT2D eigenvalue weighted by atomic mass is 9.99. The van der Waals surface area contributed by atoms with Gasteiger partial charge in [0.1, 0.15) is 6.10 Å². The number of aliphatic hydroxyl groups excluding tert-OH is 2. The van der Waals surface area contributed by atoms with Crippen LogP contribution in [-0.4, -0.2) is 33.8 Å². The molecule has 0 radical (unpaired) electrons. The molecule has 2 unspecified atom stereocenters. The molecular weight excluding hydrogens is 254 g/mol. The van der Waals surface area contributed by atoms with Crippen molar-refractivity contribution in [1.29, 1.82) is 0 Å². The van der Waals surface area contributed by atoms with Crippen molar-refractivity contribution in [1.82, 2.24) is 0 Å². The molecule has 0 bridgehead atoms. The summed E-state index contributed by atoms with van der Waals surface area (Å²) < 4.78 is 0. The molecule has 0 saturated carbocycles. The minimum atomic E-state index is -1.09. The zero-order valence-electron chi connectivity index (χ0n) is 9.46. The standard InChI is InChI=1S/C12H13NO4S/c14-9(3-4-18)10(15)6-1-2-8-7(5-6)11(16)12(17)13-8/h1-2,5,9-10,14-15,18H,3-4H2,(H,13,16,17). The number of Topliss-reactive ketones (excluding diaryl/α,β-unsaturated/α-hetero) is 1. The number of benzene rings is 1. The van der Waals surface area contributed by atoms with Crippen molar-refractivity contribution in [2.75, 3.05) is 11.1 Å². The van der Waals surface area contributed by atoms with Crippen molar-refractivity contribution >= 4 is 30.0 Å². The molecule has 1 aliphatic rings. The van der Waals surface area contributed by atoms with Gasteiger partial charge >= 0.3 is 0 Å². The van der Waals surface area contributed by atoms with E-state index in [1.807, 2.05) is 0 Å². The average molecular weight is 267 g/mol. The summed E-state index contributed by atoms with van der Waals surface area (Å²) in [5.74, 6) is -0.849. The summed E-state index contributed by atoms with van der Waals surface area (Å²) in [4.78, 5) is 22.7. The molecule has 1 amide bonds. The number of anilines is 1. The Kier molecular flexibility index (Phi) is 3.70. The Balaban J connectivity index is 2.27. The van der Waals surface area contributed by atoms with Crippen LogP contribution in [0.15, 0.2) is 18.2 Å². The molecule has 5 nitrogen and oxygen atoms in total. The highest BCUT2D eigenvalue weighted by molar-refractivity contribution is 7.80. The second kappa shape index (κ2) is 5.09. The van der Waals surface area contributed by atoms with E-state index in [1.165, 1.54) is 6.07 Å². The highest BCUT2D eigenvalue weighted by Crippen LogP contribution is 2.28. The van der Waals surface area contributed by atoms with Crippen LogP contribution in [0.25, 0.3) is 0 Å². The summed E-state index contributed by atoms with van der Waals surface area (Å²) in [5.41, 5.74) is 1.08. The van der Waals surface area contributed by atoms with Crippen molar-refractivity contribution in [3.05, 3.63) is 29.3 Å². The third-order valence-electron chi connectivity index (χ3n) is 2.87. The lowest BCUT2D eigenvalue weighted by molar-refractivity contribution is -0.112. The van der Waals surface area contributed by atoms with Gasteiger partial charge in [0.25, 0.3) is 11.7 Å². The fraction of sp³-hybridized carbons (Fsp3) is 0.333. The second-order valence-corrected chi connectivity index (χ2v) is 4.56. The van der Waals surface area contributed by atoms with Crippen LogP contribution in [0.4, 0.5) is 5.69 Å². The number of ketones is 1. The number of fused-ring (bicyclic) bond motifs is 1. The quantitative estimate of drug-likeness (QED) is 0.473. The first kappa shape index (κ1) is 13.1. The van der Waals surface area contributed by atoms with E-state index in [0.717, 1.165) is 0 Å². The molecule has 2 atom stereocenters.